The molecule has 0 bridgehead atoms. The van der Waals surface area contributed by atoms with Crippen LogP contribution in [0, 0.1) is 12.3 Å². The summed E-state index contributed by atoms with van der Waals surface area (Å²) in [5.74, 6) is 2.32. The Balaban J connectivity index is 3.83. The van der Waals surface area contributed by atoms with E-state index in [0.29, 0.717) is 18.4 Å². The van der Waals surface area contributed by atoms with E-state index in [4.69, 9.17) is 6.42 Å². The van der Waals surface area contributed by atoms with E-state index in [9.17, 15) is 4.39 Å². The smallest absolute Gasteiger partial charge is 0.104 e. The predicted molar refractivity (Wildman–Crippen MR) is 59.6 cm³/mol. The maximum Gasteiger partial charge on any atom is 0.104 e. The SMILES string of the molecule is C#CC/C(C)=C(/F)CC=CCCNC. The van der Waals surface area contributed by atoms with Gasteiger partial charge in [0.2, 0.25) is 0 Å². The summed E-state index contributed by atoms with van der Waals surface area (Å²) in [6.07, 6.45) is 10.6. The monoisotopic (exact) mass is 195 g/mol. The average molecular weight is 195 g/mol. The van der Waals surface area contributed by atoms with Gasteiger partial charge in [-0.3, -0.25) is 0 Å². The second-order valence-electron chi connectivity index (χ2n) is 3.13. The van der Waals surface area contributed by atoms with Gasteiger partial charge in [-0.15, -0.1) is 12.3 Å². The third-order valence-electron chi connectivity index (χ3n) is 1.86. The summed E-state index contributed by atoms with van der Waals surface area (Å²) in [7, 11) is 1.89. The summed E-state index contributed by atoms with van der Waals surface area (Å²) in [6.45, 7) is 2.65. The number of allylic oxidation sites excluding steroid dienone is 3. The normalized spacial score (nSPS) is 12.7. The van der Waals surface area contributed by atoms with Crippen LogP contribution in [0.2, 0.25) is 0 Å². The molecule has 0 radical (unpaired) electrons. The summed E-state index contributed by atoms with van der Waals surface area (Å²) in [5.41, 5.74) is 0.658. The predicted octanol–water partition coefficient (Wildman–Crippen LogP) is 2.81. The van der Waals surface area contributed by atoms with Gasteiger partial charge in [0.25, 0.3) is 0 Å². The fraction of sp³-hybridized carbons (Fsp3) is 0.500. The molecule has 0 aliphatic heterocycles. The van der Waals surface area contributed by atoms with Crippen molar-refractivity contribution in [3.63, 3.8) is 0 Å². The highest BCUT2D eigenvalue weighted by atomic mass is 19.1. The van der Waals surface area contributed by atoms with Crippen molar-refractivity contribution in [2.75, 3.05) is 13.6 Å². The van der Waals surface area contributed by atoms with Crippen LogP contribution in [0.25, 0.3) is 0 Å². The number of halogens is 1. The molecule has 78 valence electrons. The molecule has 0 saturated carbocycles. The Labute approximate surface area is 86.1 Å². The molecule has 0 amide bonds. The molecule has 14 heavy (non-hydrogen) atoms. The van der Waals surface area contributed by atoms with Crippen LogP contribution < -0.4 is 5.32 Å². The Hall–Kier alpha value is -1.07. The molecule has 0 aromatic rings. The number of hydrogen-bond donors (Lipinski definition) is 1. The molecular formula is C12H18FN. The summed E-state index contributed by atoms with van der Waals surface area (Å²) in [4.78, 5) is 0. The van der Waals surface area contributed by atoms with Crippen LogP contribution in [0.1, 0.15) is 26.2 Å². The first-order valence-corrected chi connectivity index (χ1v) is 4.79. The maximum absolute atomic E-state index is 13.2. The van der Waals surface area contributed by atoms with Gasteiger partial charge in [0.05, 0.1) is 0 Å². The van der Waals surface area contributed by atoms with E-state index in [-0.39, 0.29) is 5.83 Å². The summed E-state index contributed by atoms with van der Waals surface area (Å²) in [6, 6.07) is 0. The van der Waals surface area contributed by atoms with Gasteiger partial charge < -0.3 is 5.32 Å². The molecule has 2 heteroatoms. The van der Waals surface area contributed by atoms with Crippen LogP contribution in [0.5, 0.6) is 0 Å². The summed E-state index contributed by atoms with van der Waals surface area (Å²) < 4.78 is 13.2. The second-order valence-corrected chi connectivity index (χ2v) is 3.13. The first kappa shape index (κ1) is 12.9. The van der Waals surface area contributed by atoms with Crippen molar-refractivity contribution in [1.29, 1.82) is 0 Å². The minimum atomic E-state index is -0.108. The topological polar surface area (TPSA) is 12.0 Å². The van der Waals surface area contributed by atoms with E-state index >= 15 is 0 Å². The van der Waals surface area contributed by atoms with Gasteiger partial charge in [0, 0.05) is 12.8 Å². The second kappa shape index (κ2) is 8.52. The fourth-order valence-corrected chi connectivity index (χ4v) is 0.956. The van der Waals surface area contributed by atoms with E-state index in [1.165, 1.54) is 0 Å². The summed E-state index contributed by atoms with van der Waals surface area (Å²) in [5, 5.41) is 3.02. The molecule has 0 aliphatic carbocycles. The van der Waals surface area contributed by atoms with E-state index < -0.39 is 0 Å². The number of hydrogen-bond acceptors (Lipinski definition) is 1. The number of terminal acetylenes is 1. The van der Waals surface area contributed by atoms with Crippen LogP contribution in [0.15, 0.2) is 23.6 Å². The van der Waals surface area contributed by atoms with Crippen LogP contribution in [-0.2, 0) is 0 Å². The van der Waals surface area contributed by atoms with Crippen molar-refractivity contribution in [2.24, 2.45) is 0 Å². The minimum Gasteiger partial charge on any atom is -0.319 e. The third-order valence-corrected chi connectivity index (χ3v) is 1.86. The largest absolute Gasteiger partial charge is 0.319 e. The zero-order chi connectivity index (χ0) is 10.8. The van der Waals surface area contributed by atoms with Crippen LogP contribution in [0.3, 0.4) is 0 Å². The van der Waals surface area contributed by atoms with E-state index in [1.54, 1.807) is 6.92 Å². The van der Waals surface area contributed by atoms with Gasteiger partial charge in [0.15, 0.2) is 0 Å². The molecule has 1 N–H and O–H groups in total. The van der Waals surface area contributed by atoms with Crippen LogP contribution in [0.4, 0.5) is 4.39 Å². The highest BCUT2D eigenvalue weighted by Crippen LogP contribution is 2.13. The van der Waals surface area contributed by atoms with Crippen molar-refractivity contribution in [2.45, 2.75) is 26.2 Å². The molecule has 0 unspecified atom stereocenters. The first-order chi connectivity index (χ1) is 6.72. The lowest BCUT2D eigenvalue weighted by Crippen LogP contribution is -2.05. The average Bonchev–Trinajstić information content (AvgIpc) is 2.17. The molecular weight excluding hydrogens is 177 g/mol. The Morgan fingerprint density at radius 1 is 1.50 bits per heavy atom. The quantitative estimate of drug-likeness (QED) is 0.390. The van der Waals surface area contributed by atoms with Gasteiger partial charge in [-0.1, -0.05) is 12.2 Å². The Morgan fingerprint density at radius 2 is 2.21 bits per heavy atom. The van der Waals surface area contributed by atoms with Gasteiger partial charge in [-0.25, -0.2) is 4.39 Å². The Bertz CT molecular complexity index is 246. The molecule has 1 nitrogen and oxygen atoms in total. The van der Waals surface area contributed by atoms with Gasteiger partial charge in [-0.2, -0.15) is 0 Å². The van der Waals surface area contributed by atoms with Gasteiger partial charge in [0.1, 0.15) is 5.83 Å². The molecule has 0 aromatic heterocycles. The highest BCUT2D eigenvalue weighted by Gasteiger charge is 1.97. The van der Waals surface area contributed by atoms with Crippen LogP contribution in [-0.4, -0.2) is 13.6 Å². The van der Waals surface area contributed by atoms with E-state index in [1.807, 2.05) is 19.2 Å². The maximum atomic E-state index is 13.2. The lowest BCUT2D eigenvalue weighted by molar-refractivity contribution is 0.602. The Morgan fingerprint density at radius 3 is 2.79 bits per heavy atom. The zero-order valence-corrected chi connectivity index (χ0v) is 8.94. The fourth-order valence-electron chi connectivity index (χ4n) is 0.956. The molecule has 0 rings (SSSR count). The molecule has 0 aromatic carbocycles. The zero-order valence-electron chi connectivity index (χ0n) is 8.94. The highest BCUT2D eigenvalue weighted by molar-refractivity contribution is 5.14. The van der Waals surface area contributed by atoms with Gasteiger partial charge >= 0.3 is 0 Å². The number of rotatable bonds is 6. The summed E-state index contributed by atoms with van der Waals surface area (Å²) >= 11 is 0. The van der Waals surface area contributed by atoms with Crippen LogP contribution >= 0.6 is 0 Å². The molecule has 0 spiro atoms. The van der Waals surface area contributed by atoms with Crippen molar-refractivity contribution < 1.29 is 4.39 Å². The van der Waals surface area contributed by atoms with Gasteiger partial charge in [-0.05, 0) is 32.5 Å². The van der Waals surface area contributed by atoms with Crippen molar-refractivity contribution in [3.8, 4) is 12.3 Å². The van der Waals surface area contributed by atoms with Crippen molar-refractivity contribution in [3.05, 3.63) is 23.6 Å². The lowest BCUT2D eigenvalue weighted by atomic mass is 10.1. The molecule has 0 atom stereocenters. The van der Waals surface area contributed by atoms with E-state index in [2.05, 4.69) is 11.2 Å². The molecule has 0 fully saturated rings. The van der Waals surface area contributed by atoms with E-state index in [0.717, 1.165) is 13.0 Å². The van der Waals surface area contributed by atoms with Crippen molar-refractivity contribution >= 4 is 0 Å². The lowest BCUT2D eigenvalue weighted by Gasteiger charge is -1.97. The first-order valence-electron chi connectivity index (χ1n) is 4.79. The minimum absolute atomic E-state index is 0.108. The molecule has 0 aliphatic rings. The van der Waals surface area contributed by atoms with Crippen molar-refractivity contribution in [1.82, 2.24) is 5.32 Å². The standard InChI is InChI=1S/C12H18FN/c1-4-8-11(2)12(13)9-6-5-7-10-14-3/h1,5-6,14H,7-10H2,2-3H3/b6-5?,12-11+. The Kier molecular flexibility index (Phi) is 7.87. The third kappa shape index (κ3) is 6.45. The molecule has 0 heterocycles. The molecule has 0 saturated heterocycles. The number of nitrogens with one attached hydrogen (secondary N) is 1.